The van der Waals surface area contributed by atoms with Crippen molar-refractivity contribution >= 4 is 10.0 Å². The monoisotopic (exact) mass is 398 g/mol. The van der Waals surface area contributed by atoms with Crippen molar-refractivity contribution in [3.63, 3.8) is 0 Å². The van der Waals surface area contributed by atoms with Crippen LogP contribution in [0.5, 0.6) is 0 Å². The van der Waals surface area contributed by atoms with Crippen LogP contribution in [0, 0.1) is 0 Å². The Labute approximate surface area is 144 Å². The second-order valence-corrected chi connectivity index (χ2v) is 6.86. The molecule has 0 aliphatic carbocycles. The van der Waals surface area contributed by atoms with Gasteiger partial charge in [0.1, 0.15) is 0 Å². The molecule has 0 unspecified atom stereocenters. The van der Waals surface area contributed by atoms with Gasteiger partial charge in [0.2, 0.25) is 0 Å². The van der Waals surface area contributed by atoms with E-state index in [1.165, 1.54) is 12.1 Å². The molecule has 0 bridgehead atoms. The summed E-state index contributed by atoms with van der Waals surface area (Å²) in [4.78, 5) is 1.55. The minimum absolute atomic E-state index is 0.127. The zero-order valence-electron chi connectivity index (χ0n) is 12.8. The molecular formula is C15H12F6N2O2S. The molecule has 2 rings (SSSR count). The Morgan fingerprint density at radius 1 is 0.731 bits per heavy atom. The lowest BCUT2D eigenvalue weighted by Crippen LogP contribution is -2.36. The van der Waals surface area contributed by atoms with E-state index in [0.29, 0.717) is 17.7 Å². The van der Waals surface area contributed by atoms with E-state index in [1.807, 2.05) is 4.83 Å². The first kappa shape index (κ1) is 20.2. The Hall–Kier alpha value is -2.11. The summed E-state index contributed by atoms with van der Waals surface area (Å²) in [5.74, 6) is 0. The second-order valence-electron chi connectivity index (χ2n) is 5.18. The third-order valence-corrected chi connectivity index (χ3v) is 4.58. The van der Waals surface area contributed by atoms with Crippen molar-refractivity contribution < 1.29 is 34.8 Å². The molecule has 0 saturated carbocycles. The molecule has 2 aromatic rings. The van der Waals surface area contributed by atoms with Gasteiger partial charge < -0.3 is 0 Å². The quantitative estimate of drug-likeness (QED) is 0.597. The van der Waals surface area contributed by atoms with Gasteiger partial charge in [-0.1, -0.05) is 12.1 Å². The first-order valence-corrected chi connectivity index (χ1v) is 8.46. The van der Waals surface area contributed by atoms with E-state index in [0.717, 1.165) is 24.3 Å². The van der Waals surface area contributed by atoms with Crippen molar-refractivity contribution in [3.05, 3.63) is 65.2 Å². The molecule has 2 N–H and O–H groups in total. The SMILES string of the molecule is O=S(=O)(NNCc1ccc(C(F)(F)F)cc1)c1ccc(C(F)(F)F)cc1. The maximum absolute atomic E-state index is 12.5. The smallest absolute Gasteiger partial charge is 0.239 e. The van der Waals surface area contributed by atoms with Crippen LogP contribution in [0.4, 0.5) is 26.3 Å². The summed E-state index contributed by atoms with van der Waals surface area (Å²) >= 11 is 0. The fourth-order valence-corrected chi connectivity index (χ4v) is 2.80. The number of hydrazine groups is 1. The van der Waals surface area contributed by atoms with Crippen molar-refractivity contribution in [3.8, 4) is 0 Å². The van der Waals surface area contributed by atoms with E-state index < -0.39 is 38.4 Å². The van der Waals surface area contributed by atoms with E-state index in [9.17, 15) is 34.8 Å². The maximum atomic E-state index is 12.5. The van der Waals surface area contributed by atoms with Crippen molar-refractivity contribution in [1.82, 2.24) is 10.3 Å². The van der Waals surface area contributed by atoms with Gasteiger partial charge in [0.15, 0.2) is 0 Å². The molecule has 11 heteroatoms. The molecule has 0 saturated heterocycles. The molecule has 0 radical (unpaired) electrons. The van der Waals surface area contributed by atoms with Crippen LogP contribution in [0.2, 0.25) is 0 Å². The van der Waals surface area contributed by atoms with Crippen LogP contribution in [-0.2, 0) is 28.9 Å². The van der Waals surface area contributed by atoms with Crippen LogP contribution in [0.1, 0.15) is 16.7 Å². The highest BCUT2D eigenvalue weighted by atomic mass is 32.2. The molecule has 0 aromatic heterocycles. The van der Waals surface area contributed by atoms with Crippen LogP contribution >= 0.6 is 0 Å². The number of benzene rings is 2. The average molecular weight is 398 g/mol. The molecule has 0 aliphatic rings. The van der Waals surface area contributed by atoms with E-state index >= 15 is 0 Å². The lowest BCUT2D eigenvalue weighted by atomic mass is 10.1. The zero-order chi connectivity index (χ0) is 19.6. The lowest BCUT2D eigenvalue weighted by Gasteiger charge is -2.11. The highest BCUT2D eigenvalue weighted by molar-refractivity contribution is 7.89. The minimum Gasteiger partial charge on any atom is -0.239 e. The molecule has 0 spiro atoms. The number of rotatable bonds is 5. The molecule has 2 aromatic carbocycles. The number of nitrogens with one attached hydrogen (secondary N) is 2. The normalized spacial score (nSPS) is 13.0. The number of hydrogen-bond donors (Lipinski definition) is 2. The standard InChI is InChI=1S/C15H12F6N2O2S/c16-14(17,18)11-3-1-10(2-4-11)9-22-23-26(24,25)13-7-5-12(6-8-13)15(19,20)21/h1-8,22-23H,9H2. The molecule has 0 fully saturated rings. The molecule has 0 atom stereocenters. The van der Waals surface area contributed by atoms with Crippen LogP contribution in [0.25, 0.3) is 0 Å². The van der Waals surface area contributed by atoms with Crippen molar-refractivity contribution in [2.75, 3.05) is 0 Å². The van der Waals surface area contributed by atoms with Gasteiger partial charge in [-0.25, -0.2) is 13.8 Å². The summed E-state index contributed by atoms with van der Waals surface area (Å²) in [6.45, 7) is -0.127. The van der Waals surface area contributed by atoms with E-state index in [-0.39, 0.29) is 6.54 Å². The minimum atomic E-state index is -4.59. The van der Waals surface area contributed by atoms with Crippen LogP contribution < -0.4 is 10.3 Å². The molecule has 0 amide bonds. The molecular weight excluding hydrogens is 386 g/mol. The third kappa shape index (κ3) is 5.19. The maximum Gasteiger partial charge on any atom is 0.416 e. The van der Waals surface area contributed by atoms with Crippen molar-refractivity contribution in [2.24, 2.45) is 0 Å². The van der Waals surface area contributed by atoms with Gasteiger partial charge in [-0.2, -0.15) is 26.3 Å². The van der Waals surface area contributed by atoms with Gasteiger partial charge in [0, 0.05) is 6.54 Å². The molecule has 4 nitrogen and oxygen atoms in total. The first-order chi connectivity index (χ1) is 11.9. The van der Waals surface area contributed by atoms with Gasteiger partial charge in [-0.15, -0.1) is 4.83 Å². The van der Waals surface area contributed by atoms with E-state index in [4.69, 9.17) is 0 Å². The Kier molecular flexibility index (Phi) is 5.64. The van der Waals surface area contributed by atoms with Crippen molar-refractivity contribution in [2.45, 2.75) is 23.8 Å². The fraction of sp³-hybridized carbons (Fsp3) is 0.200. The molecule has 0 heterocycles. The summed E-state index contributed by atoms with van der Waals surface area (Å²) in [6, 6.07) is 6.89. The zero-order valence-corrected chi connectivity index (χ0v) is 13.6. The predicted octanol–water partition coefficient (Wildman–Crippen LogP) is 3.71. The van der Waals surface area contributed by atoms with Crippen molar-refractivity contribution in [1.29, 1.82) is 0 Å². The van der Waals surface area contributed by atoms with Gasteiger partial charge in [-0.05, 0) is 42.0 Å². The topological polar surface area (TPSA) is 58.2 Å². The van der Waals surface area contributed by atoms with E-state index in [1.54, 1.807) is 0 Å². The fourth-order valence-electron chi connectivity index (χ4n) is 1.93. The Bertz CT molecular complexity index is 844. The molecule has 0 aliphatic heterocycles. The average Bonchev–Trinajstić information content (AvgIpc) is 2.54. The lowest BCUT2D eigenvalue weighted by molar-refractivity contribution is -0.138. The first-order valence-electron chi connectivity index (χ1n) is 6.98. The third-order valence-electron chi connectivity index (χ3n) is 3.27. The Morgan fingerprint density at radius 3 is 1.58 bits per heavy atom. The largest absolute Gasteiger partial charge is 0.416 e. The van der Waals surface area contributed by atoms with Gasteiger partial charge in [0.25, 0.3) is 10.0 Å². The number of halogens is 6. The number of alkyl halides is 6. The highest BCUT2D eigenvalue weighted by Gasteiger charge is 2.31. The van der Waals surface area contributed by atoms with Gasteiger partial charge in [-0.3, -0.25) is 0 Å². The number of sulfonamides is 1. The van der Waals surface area contributed by atoms with Crippen LogP contribution in [0.3, 0.4) is 0 Å². The Balaban J connectivity index is 1.98. The summed E-state index contributed by atoms with van der Waals surface area (Å²) in [5, 5.41) is 0. The summed E-state index contributed by atoms with van der Waals surface area (Å²) < 4.78 is 98.6. The summed E-state index contributed by atoms with van der Waals surface area (Å²) in [5.41, 5.74) is 0.838. The second kappa shape index (κ2) is 7.25. The van der Waals surface area contributed by atoms with Gasteiger partial charge >= 0.3 is 12.4 Å². The summed E-state index contributed by atoms with van der Waals surface area (Å²) in [6.07, 6.45) is -9.06. The molecule has 142 valence electrons. The predicted molar refractivity (Wildman–Crippen MR) is 80.0 cm³/mol. The highest BCUT2D eigenvalue weighted by Crippen LogP contribution is 2.30. The summed E-state index contributed by atoms with van der Waals surface area (Å²) in [7, 11) is -4.13. The van der Waals surface area contributed by atoms with Crippen LogP contribution in [-0.4, -0.2) is 8.42 Å². The van der Waals surface area contributed by atoms with Gasteiger partial charge in [0.05, 0.1) is 16.0 Å². The Morgan fingerprint density at radius 2 is 1.15 bits per heavy atom. The number of hydrogen-bond acceptors (Lipinski definition) is 3. The molecule has 26 heavy (non-hydrogen) atoms. The van der Waals surface area contributed by atoms with E-state index in [2.05, 4.69) is 5.43 Å². The van der Waals surface area contributed by atoms with Crippen LogP contribution in [0.15, 0.2) is 53.4 Å².